The van der Waals surface area contributed by atoms with Gasteiger partial charge in [-0.05, 0) is 0 Å². The van der Waals surface area contributed by atoms with Crippen LogP contribution in [0.25, 0.3) is 0 Å². The summed E-state index contributed by atoms with van der Waals surface area (Å²) in [5, 5.41) is 0. The molecule has 12 heavy (non-hydrogen) atoms. The van der Waals surface area contributed by atoms with E-state index in [2.05, 4.69) is 9.72 Å². The largest absolute Gasteiger partial charge is 0.574 e. The second-order valence-corrected chi connectivity index (χ2v) is 1.80. The van der Waals surface area contributed by atoms with Gasteiger partial charge in [0.15, 0.2) is 0 Å². The first kappa shape index (κ1) is 8.57. The van der Waals surface area contributed by atoms with Gasteiger partial charge in [0.1, 0.15) is 0 Å². The molecule has 0 spiro atoms. The maximum Gasteiger partial charge on any atom is 0.574 e. The quantitative estimate of drug-likeness (QED) is 0.690. The monoisotopic (exact) mass is 180 g/mol. The van der Waals surface area contributed by atoms with Crippen LogP contribution in [0.5, 0.6) is 5.88 Å². The van der Waals surface area contributed by atoms with Crippen LogP contribution >= 0.6 is 0 Å². The second-order valence-electron chi connectivity index (χ2n) is 1.80. The molecule has 0 amide bonds. The zero-order valence-electron chi connectivity index (χ0n) is 5.55. The first-order valence-corrected chi connectivity index (χ1v) is 2.78. The van der Waals surface area contributed by atoms with Gasteiger partial charge in [0.05, 0.1) is 12.4 Å². The molecule has 0 aliphatic rings. The Balaban J connectivity index is 2.84. The lowest BCUT2D eigenvalue weighted by Gasteiger charge is -2.05. The Kier molecular flexibility index (Phi) is 2.03. The lowest BCUT2D eigenvalue weighted by molar-refractivity contribution is -0.276. The van der Waals surface area contributed by atoms with Gasteiger partial charge in [0, 0.05) is 0 Å². The van der Waals surface area contributed by atoms with Crippen LogP contribution in [0, 0.1) is 0 Å². The fraction of sp³-hybridized carbons (Fsp3) is 0.200. The third-order valence-electron chi connectivity index (χ3n) is 0.873. The van der Waals surface area contributed by atoms with E-state index in [1.807, 2.05) is 4.98 Å². The number of halogens is 3. The van der Waals surface area contributed by atoms with Crippen molar-refractivity contribution in [1.29, 1.82) is 0 Å². The summed E-state index contributed by atoms with van der Waals surface area (Å²) in [5.41, 5.74) is -0.704. The maximum atomic E-state index is 11.5. The molecular weight excluding hydrogens is 177 g/mol. The van der Waals surface area contributed by atoms with E-state index in [0.717, 1.165) is 6.33 Å². The summed E-state index contributed by atoms with van der Waals surface area (Å²) in [6.07, 6.45) is -4.00. The molecule has 1 rings (SSSR count). The van der Waals surface area contributed by atoms with E-state index in [0.29, 0.717) is 6.07 Å². The van der Waals surface area contributed by atoms with Crippen molar-refractivity contribution in [1.82, 2.24) is 9.97 Å². The van der Waals surface area contributed by atoms with Gasteiger partial charge in [0.25, 0.3) is 5.56 Å². The van der Waals surface area contributed by atoms with E-state index < -0.39 is 17.8 Å². The average molecular weight is 180 g/mol. The van der Waals surface area contributed by atoms with Crippen molar-refractivity contribution in [2.75, 3.05) is 0 Å². The SMILES string of the molecule is O=c1cc(OC(F)(F)F)nc[nH]1. The molecule has 1 heterocycles. The Morgan fingerprint density at radius 3 is 2.67 bits per heavy atom. The van der Waals surface area contributed by atoms with Gasteiger partial charge < -0.3 is 9.72 Å². The summed E-state index contributed by atoms with van der Waals surface area (Å²) in [4.78, 5) is 15.6. The Morgan fingerprint density at radius 2 is 2.17 bits per heavy atom. The zero-order valence-corrected chi connectivity index (χ0v) is 5.55. The Morgan fingerprint density at radius 1 is 1.50 bits per heavy atom. The summed E-state index contributed by atoms with van der Waals surface area (Å²) in [6.45, 7) is 0. The fourth-order valence-corrected chi connectivity index (χ4v) is 0.525. The number of alkyl halides is 3. The molecule has 0 aliphatic heterocycles. The molecule has 7 heteroatoms. The maximum absolute atomic E-state index is 11.5. The molecule has 0 aromatic carbocycles. The van der Waals surface area contributed by atoms with E-state index >= 15 is 0 Å². The minimum atomic E-state index is -4.82. The van der Waals surface area contributed by atoms with Crippen LogP contribution in [-0.2, 0) is 0 Å². The van der Waals surface area contributed by atoms with Gasteiger partial charge in [-0.15, -0.1) is 13.2 Å². The molecule has 1 N–H and O–H groups in total. The third kappa shape index (κ3) is 2.60. The molecule has 0 saturated heterocycles. The molecule has 0 saturated carbocycles. The predicted octanol–water partition coefficient (Wildman–Crippen LogP) is 0.668. The van der Waals surface area contributed by atoms with Gasteiger partial charge in [-0.3, -0.25) is 4.79 Å². The highest BCUT2D eigenvalue weighted by Crippen LogP contribution is 2.18. The van der Waals surface area contributed by atoms with Crippen molar-refractivity contribution in [2.24, 2.45) is 0 Å². The lowest BCUT2D eigenvalue weighted by atomic mass is 10.6. The number of nitrogens with zero attached hydrogens (tertiary/aromatic N) is 1. The van der Waals surface area contributed by atoms with Crippen LogP contribution in [0.1, 0.15) is 0 Å². The van der Waals surface area contributed by atoms with Crippen molar-refractivity contribution in [3.63, 3.8) is 0 Å². The Hall–Kier alpha value is -1.53. The van der Waals surface area contributed by atoms with E-state index in [-0.39, 0.29) is 0 Å². The van der Waals surface area contributed by atoms with Crippen molar-refractivity contribution in [3.8, 4) is 5.88 Å². The number of hydrogen-bond donors (Lipinski definition) is 1. The molecular formula is C5H3F3N2O2. The van der Waals surface area contributed by atoms with Crippen molar-refractivity contribution in [3.05, 3.63) is 22.7 Å². The highest BCUT2D eigenvalue weighted by Gasteiger charge is 2.31. The molecule has 0 aliphatic carbocycles. The molecule has 0 radical (unpaired) electrons. The van der Waals surface area contributed by atoms with Crippen LogP contribution in [0.15, 0.2) is 17.2 Å². The van der Waals surface area contributed by atoms with E-state index in [4.69, 9.17) is 0 Å². The van der Waals surface area contributed by atoms with E-state index in [9.17, 15) is 18.0 Å². The normalized spacial score (nSPS) is 11.2. The molecule has 1 aromatic heterocycles. The Labute approximate surface area is 64.0 Å². The van der Waals surface area contributed by atoms with Gasteiger partial charge in [0.2, 0.25) is 5.88 Å². The van der Waals surface area contributed by atoms with Crippen LogP contribution in [-0.4, -0.2) is 16.3 Å². The summed E-state index contributed by atoms with van der Waals surface area (Å²) in [5.74, 6) is -0.772. The van der Waals surface area contributed by atoms with Crippen molar-refractivity contribution < 1.29 is 17.9 Å². The number of hydrogen-bond acceptors (Lipinski definition) is 3. The number of rotatable bonds is 1. The van der Waals surface area contributed by atoms with Gasteiger partial charge in [-0.2, -0.15) is 0 Å². The van der Waals surface area contributed by atoms with Crippen LogP contribution in [0.4, 0.5) is 13.2 Å². The number of aromatic amines is 1. The Bertz CT molecular complexity index is 319. The highest BCUT2D eigenvalue weighted by molar-refractivity contribution is 5.04. The molecule has 0 fully saturated rings. The summed E-state index contributed by atoms with van der Waals surface area (Å²) in [6, 6.07) is 0.605. The van der Waals surface area contributed by atoms with Crippen molar-refractivity contribution in [2.45, 2.75) is 6.36 Å². The second kappa shape index (κ2) is 2.84. The molecule has 4 nitrogen and oxygen atoms in total. The van der Waals surface area contributed by atoms with Crippen LogP contribution in [0.2, 0.25) is 0 Å². The van der Waals surface area contributed by atoms with Gasteiger partial charge in [-0.1, -0.05) is 0 Å². The molecule has 66 valence electrons. The third-order valence-corrected chi connectivity index (χ3v) is 0.873. The first-order valence-electron chi connectivity index (χ1n) is 2.78. The lowest BCUT2D eigenvalue weighted by Crippen LogP contribution is -2.19. The van der Waals surface area contributed by atoms with Gasteiger partial charge in [-0.25, -0.2) is 4.98 Å². The molecule has 0 atom stereocenters. The van der Waals surface area contributed by atoms with Crippen LogP contribution in [0.3, 0.4) is 0 Å². The highest BCUT2D eigenvalue weighted by atomic mass is 19.4. The minimum absolute atomic E-state index is 0.605. The zero-order chi connectivity index (χ0) is 9.19. The van der Waals surface area contributed by atoms with E-state index in [1.165, 1.54) is 0 Å². The standard InChI is InChI=1S/C5H3F3N2O2/c6-5(7,8)12-4-1-3(11)9-2-10-4/h1-2H,(H,9,10,11). The number of aromatic nitrogens is 2. The summed E-state index contributed by atoms with van der Waals surface area (Å²) in [7, 11) is 0. The summed E-state index contributed by atoms with van der Waals surface area (Å²) < 4.78 is 37.8. The predicted molar refractivity (Wildman–Crippen MR) is 31.5 cm³/mol. The average Bonchev–Trinajstić information content (AvgIpc) is 1.82. The smallest absolute Gasteiger partial charge is 0.388 e. The molecule has 1 aromatic rings. The topological polar surface area (TPSA) is 55.0 Å². The van der Waals surface area contributed by atoms with Gasteiger partial charge >= 0.3 is 6.36 Å². The summed E-state index contributed by atoms with van der Waals surface area (Å²) >= 11 is 0. The van der Waals surface area contributed by atoms with E-state index in [1.54, 1.807) is 0 Å². The minimum Gasteiger partial charge on any atom is -0.388 e. The molecule has 0 unspecified atom stereocenters. The fourth-order valence-electron chi connectivity index (χ4n) is 0.525. The number of H-pyrrole nitrogens is 1. The van der Waals surface area contributed by atoms with Crippen molar-refractivity contribution >= 4 is 0 Å². The number of nitrogens with one attached hydrogen (secondary N) is 1. The molecule has 0 bridgehead atoms. The number of ether oxygens (including phenoxy) is 1. The van der Waals surface area contributed by atoms with Crippen LogP contribution < -0.4 is 10.3 Å². The first-order chi connectivity index (χ1) is 5.47.